The Morgan fingerprint density at radius 2 is 1.62 bits per heavy atom. The fourth-order valence-electron chi connectivity index (χ4n) is 4.43. The van der Waals surface area contributed by atoms with Crippen molar-refractivity contribution in [2.75, 3.05) is 91.2 Å². The average molecular weight is 616 g/mol. The van der Waals surface area contributed by atoms with Gasteiger partial charge in [-0.3, -0.25) is 24.3 Å². The first-order chi connectivity index (χ1) is 20.0. The molecule has 1 unspecified atom stereocenters. The monoisotopic (exact) mass is 615 g/mol. The first-order valence-electron chi connectivity index (χ1n) is 13.5. The van der Waals surface area contributed by atoms with Crippen LogP contribution < -0.4 is 10.6 Å². The van der Waals surface area contributed by atoms with Crippen LogP contribution in [0.4, 0.5) is 10.5 Å². The Labute approximate surface area is 249 Å². The first-order valence-corrected chi connectivity index (χ1v) is 13.9. The maximum absolute atomic E-state index is 11.5. The summed E-state index contributed by atoms with van der Waals surface area (Å²) in [7, 11) is 1.23. The second-order valence-electron chi connectivity index (χ2n) is 9.63. The summed E-state index contributed by atoms with van der Waals surface area (Å²) in [6, 6.07) is 7.28. The summed E-state index contributed by atoms with van der Waals surface area (Å²) in [6.07, 6.45) is -1.87. The second-order valence-corrected chi connectivity index (χ2v) is 10.0. The lowest BCUT2D eigenvalue weighted by molar-refractivity contribution is -0.140. The molecule has 2 rings (SSSR count). The molecule has 1 heterocycles. The predicted octanol–water partition coefficient (Wildman–Crippen LogP) is -0.917. The minimum atomic E-state index is -1.60. The number of nitrogens with one attached hydrogen (secondary N) is 2. The molecule has 0 aliphatic carbocycles. The van der Waals surface area contributed by atoms with Crippen LogP contribution in [0.5, 0.6) is 0 Å². The third-order valence-corrected chi connectivity index (χ3v) is 6.61. The number of hydrogen-bond donors (Lipinski definition) is 6. The highest BCUT2D eigenvalue weighted by atomic mass is 32.1. The Kier molecular flexibility index (Phi) is 16.0. The Bertz CT molecular complexity index is 1000. The number of benzene rings is 1. The molecule has 6 N–H and O–H groups in total. The summed E-state index contributed by atoms with van der Waals surface area (Å²) in [6.45, 7) is 2.50. The summed E-state index contributed by atoms with van der Waals surface area (Å²) in [4.78, 5) is 39.0. The average Bonchev–Trinajstić information content (AvgIpc) is 2.98. The van der Waals surface area contributed by atoms with Crippen molar-refractivity contribution in [1.29, 1.82) is 0 Å². The van der Waals surface area contributed by atoms with Gasteiger partial charge in [-0.15, -0.1) is 0 Å². The molecular formula is C26H41N5O10S. The number of hydrogen-bond acceptors (Lipinski definition) is 12. The quantitative estimate of drug-likeness (QED) is 0.0613. The SMILES string of the molecule is COC(=O)OCCOCCNC(=S)Nc1ccc(CC2CN(CC(=O)O)CCN(CC(=O)O)CCN2CC(O)O)cc1. The van der Waals surface area contributed by atoms with E-state index in [1.807, 2.05) is 29.2 Å². The highest BCUT2D eigenvalue weighted by Gasteiger charge is 2.27. The number of carboxylic acid groups (broad SMARTS) is 2. The molecule has 42 heavy (non-hydrogen) atoms. The van der Waals surface area contributed by atoms with Gasteiger partial charge in [-0.1, -0.05) is 12.1 Å². The third-order valence-electron chi connectivity index (χ3n) is 6.37. The number of methoxy groups -OCH3 is 1. The van der Waals surface area contributed by atoms with Crippen molar-refractivity contribution in [3.05, 3.63) is 29.8 Å². The van der Waals surface area contributed by atoms with Gasteiger partial charge < -0.3 is 45.3 Å². The summed E-state index contributed by atoms with van der Waals surface area (Å²) < 4.78 is 14.4. The number of aliphatic hydroxyl groups is 2. The molecule has 0 spiro atoms. The van der Waals surface area contributed by atoms with E-state index < -0.39 is 24.4 Å². The van der Waals surface area contributed by atoms with Crippen molar-refractivity contribution in [3.8, 4) is 0 Å². The molecule has 1 fully saturated rings. The normalized spacial score (nSPS) is 17.1. The van der Waals surface area contributed by atoms with E-state index >= 15 is 0 Å². The number of carboxylic acids is 2. The van der Waals surface area contributed by atoms with Crippen LogP contribution in [-0.2, 0) is 30.2 Å². The number of anilines is 1. The van der Waals surface area contributed by atoms with E-state index in [2.05, 4.69) is 15.4 Å². The smallest absolute Gasteiger partial charge is 0.480 e. The largest absolute Gasteiger partial charge is 0.508 e. The Morgan fingerprint density at radius 3 is 2.26 bits per heavy atom. The molecule has 0 aromatic heterocycles. The van der Waals surface area contributed by atoms with Crippen LogP contribution in [0.1, 0.15) is 5.56 Å². The maximum Gasteiger partial charge on any atom is 0.508 e. The van der Waals surface area contributed by atoms with Crippen molar-refractivity contribution in [3.63, 3.8) is 0 Å². The van der Waals surface area contributed by atoms with Crippen LogP contribution in [0.3, 0.4) is 0 Å². The number of β-amino-alcohol motifs (C(OH)–C–C–N with tert-alkyl or cyclic N) is 2. The van der Waals surface area contributed by atoms with Gasteiger partial charge in [0.25, 0.3) is 0 Å². The molecular weight excluding hydrogens is 574 g/mol. The Balaban J connectivity index is 1.96. The number of rotatable bonds is 15. The van der Waals surface area contributed by atoms with Crippen LogP contribution in [0.25, 0.3) is 0 Å². The highest BCUT2D eigenvalue weighted by Crippen LogP contribution is 2.16. The van der Waals surface area contributed by atoms with Crippen molar-refractivity contribution < 1.29 is 49.0 Å². The van der Waals surface area contributed by atoms with Crippen LogP contribution in [-0.4, -0.2) is 156 Å². The number of aliphatic hydroxyl groups excluding tert-OH is 1. The zero-order valence-corrected chi connectivity index (χ0v) is 24.5. The van der Waals surface area contributed by atoms with Crippen molar-refractivity contribution in [1.82, 2.24) is 20.0 Å². The van der Waals surface area contributed by atoms with Gasteiger partial charge in [0.2, 0.25) is 0 Å². The van der Waals surface area contributed by atoms with Gasteiger partial charge in [0.1, 0.15) is 6.61 Å². The number of nitrogens with zero attached hydrogens (tertiary/aromatic N) is 3. The number of carbonyl (C=O) groups excluding carboxylic acids is 1. The lowest BCUT2D eigenvalue weighted by Crippen LogP contribution is -2.49. The van der Waals surface area contributed by atoms with Gasteiger partial charge in [0, 0.05) is 57.5 Å². The Hall–Kier alpha value is -3.12. The van der Waals surface area contributed by atoms with Crippen LogP contribution >= 0.6 is 12.2 Å². The molecule has 1 saturated heterocycles. The predicted molar refractivity (Wildman–Crippen MR) is 155 cm³/mol. The number of carbonyl (C=O) groups is 3. The van der Waals surface area contributed by atoms with Crippen LogP contribution in [0.15, 0.2) is 24.3 Å². The zero-order valence-electron chi connectivity index (χ0n) is 23.6. The van der Waals surface area contributed by atoms with Crippen LogP contribution in [0.2, 0.25) is 0 Å². The molecule has 0 radical (unpaired) electrons. The number of thiocarbonyl (C=S) groups is 1. The molecule has 236 valence electrons. The van der Waals surface area contributed by atoms with Gasteiger partial charge in [0.05, 0.1) is 33.4 Å². The van der Waals surface area contributed by atoms with Gasteiger partial charge in [-0.2, -0.15) is 0 Å². The summed E-state index contributed by atoms with van der Waals surface area (Å²) >= 11 is 5.32. The van der Waals surface area contributed by atoms with E-state index in [9.17, 15) is 34.8 Å². The third kappa shape index (κ3) is 14.7. The first kappa shape index (κ1) is 35.1. The van der Waals surface area contributed by atoms with Crippen molar-refractivity contribution in [2.24, 2.45) is 0 Å². The molecule has 1 aliphatic heterocycles. The highest BCUT2D eigenvalue weighted by molar-refractivity contribution is 7.80. The fraction of sp³-hybridized carbons (Fsp3) is 0.615. The van der Waals surface area contributed by atoms with E-state index in [1.165, 1.54) is 7.11 Å². The minimum Gasteiger partial charge on any atom is -0.480 e. The summed E-state index contributed by atoms with van der Waals surface area (Å²) in [5.41, 5.74) is 1.69. The van der Waals surface area contributed by atoms with Gasteiger partial charge in [0.15, 0.2) is 11.4 Å². The van der Waals surface area contributed by atoms with E-state index in [4.69, 9.17) is 21.7 Å². The molecule has 1 aliphatic rings. The molecule has 1 atom stereocenters. The molecule has 0 bridgehead atoms. The summed E-state index contributed by atoms with van der Waals surface area (Å²) in [5, 5.41) is 44.7. The molecule has 0 amide bonds. The molecule has 1 aromatic carbocycles. The van der Waals surface area contributed by atoms with Crippen molar-refractivity contribution >= 4 is 41.1 Å². The molecule has 16 heteroatoms. The number of aliphatic carboxylic acids is 2. The van der Waals surface area contributed by atoms with E-state index in [0.717, 1.165) is 11.3 Å². The van der Waals surface area contributed by atoms with Gasteiger partial charge in [-0.25, -0.2) is 4.79 Å². The lowest BCUT2D eigenvalue weighted by atomic mass is 10.0. The van der Waals surface area contributed by atoms with Gasteiger partial charge in [-0.05, 0) is 36.3 Å². The number of ether oxygens (including phenoxy) is 3. The standard InChI is InChI=1S/C26H41N5O10S/c1-39-26(38)41-13-12-40-11-6-27-25(42)28-20-4-2-19(3-5-20)14-21-15-30(17-23(34)35)8-7-29(16-22(32)33)9-10-31(21)18-24(36)37/h2-5,21,24,36-37H,6-18H2,1H3,(H,32,33)(H,34,35)(H2,27,28,42). The van der Waals surface area contributed by atoms with E-state index in [-0.39, 0.29) is 38.9 Å². The maximum atomic E-state index is 11.5. The lowest BCUT2D eigenvalue weighted by Gasteiger charge is -2.34. The van der Waals surface area contributed by atoms with E-state index in [1.54, 1.807) is 9.80 Å². The minimum absolute atomic E-state index is 0.0614. The zero-order chi connectivity index (χ0) is 30.9. The Morgan fingerprint density at radius 1 is 0.976 bits per heavy atom. The molecule has 0 saturated carbocycles. The fourth-order valence-corrected chi connectivity index (χ4v) is 4.65. The summed E-state index contributed by atoms with van der Waals surface area (Å²) in [5.74, 6) is -1.98. The van der Waals surface area contributed by atoms with Crippen LogP contribution in [0, 0.1) is 0 Å². The molecule has 15 nitrogen and oxygen atoms in total. The second kappa shape index (κ2) is 19.1. The van der Waals surface area contributed by atoms with Crippen molar-refractivity contribution in [2.45, 2.75) is 18.8 Å². The van der Waals surface area contributed by atoms with Gasteiger partial charge >= 0.3 is 18.1 Å². The topological polar surface area (TPSA) is 194 Å². The molecule has 1 aromatic rings. The van der Waals surface area contributed by atoms with E-state index in [0.29, 0.717) is 57.4 Å².